The van der Waals surface area contributed by atoms with E-state index in [0.29, 0.717) is 12.0 Å². The highest BCUT2D eigenvalue weighted by Gasteiger charge is 2.25. The number of rotatable bonds is 3. The van der Waals surface area contributed by atoms with Crippen LogP contribution < -0.4 is 5.32 Å². The Kier molecular flexibility index (Phi) is 3.36. The monoisotopic (exact) mass is 271 g/mol. The van der Waals surface area contributed by atoms with Gasteiger partial charge in [0.15, 0.2) is 0 Å². The molecule has 100 valence electrons. The molecule has 1 aliphatic heterocycles. The van der Waals surface area contributed by atoms with Crippen molar-refractivity contribution in [3.05, 3.63) is 51.2 Å². The van der Waals surface area contributed by atoms with Gasteiger partial charge in [-0.2, -0.15) is 0 Å². The highest BCUT2D eigenvalue weighted by Crippen LogP contribution is 2.40. The summed E-state index contributed by atoms with van der Waals surface area (Å²) < 4.78 is 0. The number of thiophene rings is 1. The third kappa shape index (κ3) is 2.30. The van der Waals surface area contributed by atoms with Crippen molar-refractivity contribution in [2.75, 3.05) is 5.32 Å². The second-order valence-corrected chi connectivity index (χ2v) is 6.79. The first-order valence-corrected chi connectivity index (χ1v) is 7.97. The Morgan fingerprint density at radius 3 is 2.79 bits per heavy atom. The lowest BCUT2D eigenvalue weighted by atomic mass is 9.98. The van der Waals surface area contributed by atoms with Crippen LogP contribution in [0.15, 0.2) is 30.3 Å². The van der Waals surface area contributed by atoms with Crippen LogP contribution in [0.5, 0.6) is 0 Å². The first-order chi connectivity index (χ1) is 9.19. The summed E-state index contributed by atoms with van der Waals surface area (Å²) in [7, 11) is 0. The number of fused-ring (bicyclic) bond motifs is 1. The summed E-state index contributed by atoms with van der Waals surface area (Å²) >= 11 is 1.95. The maximum atomic E-state index is 3.75. The summed E-state index contributed by atoms with van der Waals surface area (Å²) in [5.74, 6) is 0.579. The number of aryl methyl sites for hydroxylation is 1. The lowest BCUT2D eigenvalue weighted by Gasteiger charge is -2.13. The van der Waals surface area contributed by atoms with Gasteiger partial charge >= 0.3 is 0 Å². The Balaban J connectivity index is 1.89. The average molecular weight is 271 g/mol. The van der Waals surface area contributed by atoms with Crippen LogP contribution in [0.4, 0.5) is 5.69 Å². The zero-order valence-electron chi connectivity index (χ0n) is 11.9. The normalized spacial score (nSPS) is 17.6. The van der Waals surface area contributed by atoms with Gasteiger partial charge < -0.3 is 5.32 Å². The van der Waals surface area contributed by atoms with Gasteiger partial charge in [0.05, 0.1) is 6.04 Å². The van der Waals surface area contributed by atoms with Crippen molar-refractivity contribution in [2.45, 2.75) is 45.6 Å². The van der Waals surface area contributed by atoms with Gasteiger partial charge in [-0.05, 0) is 42.0 Å². The number of anilines is 1. The van der Waals surface area contributed by atoms with Crippen LogP contribution in [0.25, 0.3) is 0 Å². The van der Waals surface area contributed by atoms with Crippen LogP contribution in [0.3, 0.4) is 0 Å². The van der Waals surface area contributed by atoms with Crippen molar-refractivity contribution in [1.82, 2.24) is 0 Å². The Labute approximate surface area is 119 Å². The van der Waals surface area contributed by atoms with E-state index in [1.807, 2.05) is 11.3 Å². The van der Waals surface area contributed by atoms with E-state index in [-0.39, 0.29) is 0 Å². The van der Waals surface area contributed by atoms with Crippen LogP contribution in [0.1, 0.15) is 53.6 Å². The fraction of sp³-hybridized carbons (Fsp3) is 0.412. The summed E-state index contributed by atoms with van der Waals surface area (Å²) in [4.78, 5) is 2.96. The van der Waals surface area contributed by atoms with Crippen molar-refractivity contribution in [1.29, 1.82) is 0 Å². The van der Waals surface area contributed by atoms with Crippen LogP contribution in [0.2, 0.25) is 0 Å². The van der Waals surface area contributed by atoms with Crippen LogP contribution in [-0.4, -0.2) is 0 Å². The van der Waals surface area contributed by atoms with E-state index < -0.39 is 0 Å². The number of hydrogen-bond acceptors (Lipinski definition) is 2. The third-order valence-corrected chi connectivity index (χ3v) is 5.27. The van der Waals surface area contributed by atoms with E-state index in [0.717, 1.165) is 12.8 Å². The Morgan fingerprint density at radius 2 is 2.11 bits per heavy atom. The second kappa shape index (κ2) is 5.01. The SMILES string of the molecule is CCc1ccc(C2Cc3cccc(C(C)C)c3N2)s1. The summed E-state index contributed by atoms with van der Waals surface area (Å²) in [6.45, 7) is 6.76. The van der Waals surface area contributed by atoms with E-state index in [9.17, 15) is 0 Å². The molecule has 1 atom stereocenters. The van der Waals surface area contributed by atoms with Gasteiger partial charge in [-0.3, -0.25) is 0 Å². The van der Waals surface area contributed by atoms with Gasteiger partial charge in [0.2, 0.25) is 0 Å². The average Bonchev–Trinajstić information content (AvgIpc) is 3.03. The summed E-state index contributed by atoms with van der Waals surface area (Å²) in [6, 6.07) is 11.8. The zero-order chi connectivity index (χ0) is 13.4. The molecule has 0 radical (unpaired) electrons. The quantitative estimate of drug-likeness (QED) is 0.814. The van der Waals surface area contributed by atoms with E-state index in [2.05, 4.69) is 56.4 Å². The molecule has 1 unspecified atom stereocenters. The van der Waals surface area contributed by atoms with E-state index >= 15 is 0 Å². The standard InChI is InChI=1S/C17H21NS/c1-4-13-8-9-16(19-13)15-10-12-6-5-7-14(11(2)3)17(12)18-15/h5-9,11,15,18H,4,10H2,1-3H3. The number of benzene rings is 1. The molecule has 1 aliphatic rings. The molecule has 3 rings (SSSR count). The zero-order valence-corrected chi connectivity index (χ0v) is 12.7. The van der Waals surface area contributed by atoms with Gasteiger partial charge in [-0.15, -0.1) is 11.3 Å². The molecule has 0 amide bonds. The largest absolute Gasteiger partial charge is 0.377 e. The maximum absolute atomic E-state index is 3.75. The molecule has 1 aromatic heterocycles. The van der Waals surface area contributed by atoms with Crippen molar-refractivity contribution in [2.24, 2.45) is 0 Å². The third-order valence-electron chi connectivity index (χ3n) is 3.92. The minimum Gasteiger partial charge on any atom is -0.377 e. The number of hydrogen-bond donors (Lipinski definition) is 1. The van der Waals surface area contributed by atoms with Gasteiger partial charge in [0.25, 0.3) is 0 Å². The van der Waals surface area contributed by atoms with Crippen molar-refractivity contribution >= 4 is 17.0 Å². The minimum absolute atomic E-state index is 0.472. The van der Waals surface area contributed by atoms with Gasteiger partial charge in [-0.25, -0.2) is 0 Å². The van der Waals surface area contributed by atoms with Gasteiger partial charge in [0, 0.05) is 15.4 Å². The van der Waals surface area contributed by atoms with Crippen molar-refractivity contribution in [3.63, 3.8) is 0 Å². The number of para-hydroxylation sites is 1. The molecule has 0 spiro atoms. The highest BCUT2D eigenvalue weighted by atomic mass is 32.1. The Hall–Kier alpha value is -1.28. The molecule has 0 aliphatic carbocycles. The highest BCUT2D eigenvalue weighted by molar-refractivity contribution is 7.12. The molecule has 1 N–H and O–H groups in total. The Bertz CT molecular complexity index is 583. The molecule has 19 heavy (non-hydrogen) atoms. The lowest BCUT2D eigenvalue weighted by molar-refractivity contribution is 0.839. The predicted octanol–water partition coefficient (Wildman–Crippen LogP) is 5.14. The van der Waals surface area contributed by atoms with E-state index in [1.54, 1.807) is 0 Å². The summed E-state index contributed by atoms with van der Waals surface area (Å²) in [5, 5.41) is 3.75. The molecule has 0 fully saturated rings. The molecule has 2 heteroatoms. The molecule has 0 bridgehead atoms. The molecule has 0 saturated carbocycles. The molecule has 2 aromatic rings. The smallest absolute Gasteiger partial charge is 0.0647 e. The molecular weight excluding hydrogens is 250 g/mol. The summed E-state index contributed by atoms with van der Waals surface area (Å²) in [6.07, 6.45) is 2.27. The van der Waals surface area contributed by atoms with E-state index in [4.69, 9.17) is 0 Å². The predicted molar refractivity (Wildman–Crippen MR) is 84.3 cm³/mol. The fourth-order valence-electron chi connectivity index (χ4n) is 2.84. The molecular formula is C17H21NS. The topological polar surface area (TPSA) is 12.0 Å². The van der Waals surface area contributed by atoms with Crippen LogP contribution in [-0.2, 0) is 12.8 Å². The van der Waals surface area contributed by atoms with Crippen LogP contribution >= 0.6 is 11.3 Å². The first kappa shape index (κ1) is 12.7. The molecule has 0 saturated heterocycles. The summed E-state index contributed by atoms with van der Waals surface area (Å²) in [5.41, 5.74) is 4.31. The lowest BCUT2D eigenvalue weighted by Crippen LogP contribution is -2.04. The maximum Gasteiger partial charge on any atom is 0.0647 e. The Morgan fingerprint density at radius 1 is 1.26 bits per heavy atom. The van der Waals surface area contributed by atoms with Gasteiger partial charge in [-0.1, -0.05) is 39.0 Å². The van der Waals surface area contributed by atoms with E-state index in [1.165, 1.54) is 26.6 Å². The minimum atomic E-state index is 0.472. The number of nitrogens with one attached hydrogen (secondary N) is 1. The van der Waals surface area contributed by atoms with Crippen LogP contribution in [0, 0.1) is 0 Å². The first-order valence-electron chi connectivity index (χ1n) is 7.16. The fourth-order valence-corrected chi connectivity index (χ4v) is 3.84. The second-order valence-electron chi connectivity index (χ2n) is 5.59. The molecule has 2 heterocycles. The van der Waals surface area contributed by atoms with Crippen molar-refractivity contribution in [3.8, 4) is 0 Å². The van der Waals surface area contributed by atoms with Crippen molar-refractivity contribution < 1.29 is 0 Å². The molecule has 1 aromatic carbocycles. The van der Waals surface area contributed by atoms with Gasteiger partial charge in [0.1, 0.15) is 0 Å². The molecule has 1 nitrogen and oxygen atoms in total.